The summed E-state index contributed by atoms with van der Waals surface area (Å²) in [5.74, 6) is -1.29. The fraction of sp³-hybridized carbons (Fsp3) is 0.381. The summed E-state index contributed by atoms with van der Waals surface area (Å²) in [5, 5.41) is 6.74. The highest BCUT2D eigenvalue weighted by Crippen LogP contribution is 2.31. The summed E-state index contributed by atoms with van der Waals surface area (Å²) in [4.78, 5) is 52.1. The van der Waals surface area contributed by atoms with Crippen LogP contribution in [0.3, 0.4) is 0 Å². The van der Waals surface area contributed by atoms with Crippen LogP contribution in [0.25, 0.3) is 0 Å². The van der Waals surface area contributed by atoms with Gasteiger partial charge in [-0.05, 0) is 43.9 Å². The van der Waals surface area contributed by atoms with Crippen molar-refractivity contribution in [2.24, 2.45) is 5.73 Å². The molecule has 0 radical (unpaired) electrons. The third-order valence-electron chi connectivity index (χ3n) is 5.68. The zero-order valence-corrected chi connectivity index (χ0v) is 16.5. The number of amides is 4. The molecule has 9 heteroatoms. The Bertz CT molecular complexity index is 979. The number of fused-ring (bicyclic) bond motifs is 1. The maximum Gasteiger partial charge on any atom is 0.269 e. The predicted octanol–water partition coefficient (Wildman–Crippen LogP) is 1.64. The molecule has 2 aromatic rings. The highest BCUT2D eigenvalue weighted by Gasteiger charge is 2.35. The number of aromatic nitrogens is 2. The number of nitrogens with zero attached hydrogens (tertiary/aromatic N) is 3. The number of rotatable bonds is 6. The van der Waals surface area contributed by atoms with Crippen molar-refractivity contribution in [1.82, 2.24) is 20.0 Å². The van der Waals surface area contributed by atoms with Crippen LogP contribution >= 0.6 is 0 Å². The van der Waals surface area contributed by atoms with Gasteiger partial charge in [0.15, 0.2) is 0 Å². The van der Waals surface area contributed by atoms with E-state index in [-0.39, 0.29) is 42.4 Å². The molecule has 1 aromatic heterocycles. The number of carbonyl (C=O) groups excluding carboxylic acids is 4. The molecule has 2 aliphatic rings. The average Bonchev–Trinajstić information content (AvgIpc) is 3.34. The highest BCUT2D eigenvalue weighted by atomic mass is 16.2. The van der Waals surface area contributed by atoms with Crippen LogP contribution in [0.4, 0.5) is 0 Å². The lowest BCUT2D eigenvalue weighted by Gasteiger charge is -2.35. The van der Waals surface area contributed by atoms with E-state index in [2.05, 4.69) is 10.2 Å². The summed E-state index contributed by atoms with van der Waals surface area (Å²) in [6.07, 6.45) is 3.25. The summed E-state index contributed by atoms with van der Waals surface area (Å²) in [5.41, 5.74) is 6.93. The standard InChI is InChI=1S/C21H23N5O4/c22-19(28)16-12-15(23-24-16)17-8-3-4-10-25(17)18(27)9-5-11-26-20(29)13-6-1-2-7-14(13)21(26)30/h1-2,6-7,12,17H,3-5,8-11H2,(H2,22,28)(H,23,24). The van der Waals surface area contributed by atoms with E-state index in [1.807, 2.05) is 0 Å². The maximum atomic E-state index is 12.9. The molecule has 30 heavy (non-hydrogen) atoms. The SMILES string of the molecule is NC(=O)c1cc(C2CCCCN2C(=O)CCCN2C(=O)c3ccccc3C2=O)[nH]n1. The maximum absolute atomic E-state index is 12.9. The number of H-pyrrole nitrogens is 1. The molecule has 156 valence electrons. The number of primary amides is 1. The Morgan fingerprint density at radius 1 is 1.13 bits per heavy atom. The molecule has 1 atom stereocenters. The van der Waals surface area contributed by atoms with Gasteiger partial charge in [0.1, 0.15) is 5.69 Å². The van der Waals surface area contributed by atoms with Crippen molar-refractivity contribution < 1.29 is 19.2 Å². The number of likely N-dealkylation sites (tertiary alicyclic amines) is 1. The number of benzene rings is 1. The Balaban J connectivity index is 1.37. The zero-order valence-electron chi connectivity index (χ0n) is 16.5. The number of hydrogen-bond donors (Lipinski definition) is 2. The minimum atomic E-state index is -0.618. The van der Waals surface area contributed by atoms with Gasteiger partial charge in [-0.25, -0.2) is 0 Å². The Hall–Kier alpha value is -3.49. The van der Waals surface area contributed by atoms with E-state index in [4.69, 9.17) is 5.73 Å². The molecule has 9 nitrogen and oxygen atoms in total. The van der Waals surface area contributed by atoms with Crippen molar-refractivity contribution in [3.63, 3.8) is 0 Å². The molecule has 4 rings (SSSR count). The molecular formula is C21H23N5O4. The minimum Gasteiger partial charge on any atom is -0.364 e. The fourth-order valence-electron chi connectivity index (χ4n) is 4.16. The molecule has 0 aliphatic carbocycles. The third kappa shape index (κ3) is 3.58. The van der Waals surface area contributed by atoms with Crippen LogP contribution in [0.1, 0.15) is 75.0 Å². The Morgan fingerprint density at radius 2 is 1.83 bits per heavy atom. The van der Waals surface area contributed by atoms with Crippen LogP contribution in [0, 0.1) is 0 Å². The number of imide groups is 1. The zero-order chi connectivity index (χ0) is 21.3. The second-order valence-electron chi connectivity index (χ2n) is 7.58. The molecule has 4 amide bonds. The molecule has 0 spiro atoms. The number of aromatic amines is 1. The number of piperidine rings is 1. The molecule has 3 N–H and O–H groups in total. The van der Waals surface area contributed by atoms with E-state index in [1.165, 1.54) is 4.90 Å². The number of carbonyl (C=O) groups is 4. The Morgan fingerprint density at radius 3 is 2.47 bits per heavy atom. The van der Waals surface area contributed by atoms with Crippen LogP contribution in [-0.4, -0.2) is 56.7 Å². The van der Waals surface area contributed by atoms with Crippen molar-refractivity contribution in [2.75, 3.05) is 13.1 Å². The van der Waals surface area contributed by atoms with Crippen LogP contribution in [0.2, 0.25) is 0 Å². The van der Waals surface area contributed by atoms with Gasteiger partial charge in [0.05, 0.1) is 22.9 Å². The van der Waals surface area contributed by atoms with E-state index in [0.29, 0.717) is 29.8 Å². The van der Waals surface area contributed by atoms with Gasteiger partial charge >= 0.3 is 0 Å². The van der Waals surface area contributed by atoms with Crippen molar-refractivity contribution in [3.8, 4) is 0 Å². The van der Waals surface area contributed by atoms with E-state index >= 15 is 0 Å². The molecular weight excluding hydrogens is 386 g/mol. The van der Waals surface area contributed by atoms with Gasteiger partial charge in [-0.15, -0.1) is 0 Å². The minimum absolute atomic E-state index is 0.0495. The summed E-state index contributed by atoms with van der Waals surface area (Å²) < 4.78 is 0. The highest BCUT2D eigenvalue weighted by molar-refractivity contribution is 6.21. The molecule has 0 saturated carbocycles. The van der Waals surface area contributed by atoms with Gasteiger partial charge in [0, 0.05) is 19.5 Å². The molecule has 3 heterocycles. The third-order valence-corrected chi connectivity index (χ3v) is 5.68. The second kappa shape index (κ2) is 8.10. The monoisotopic (exact) mass is 409 g/mol. The molecule has 1 fully saturated rings. The first-order valence-corrected chi connectivity index (χ1v) is 10.1. The molecule has 1 unspecified atom stereocenters. The molecule has 1 aromatic carbocycles. The Kier molecular flexibility index (Phi) is 5.35. The number of hydrogen-bond acceptors (Lipinski definition) is 5. The second-order valence-corrected chi connectivity index (χ2v) is 7.58. The lowest BCUT2D eigenvalue weighted by Crippen LogP contribution is -2.39. The van der Waals surface area contributed by atoms with E-state index < -0.39 is 5.91 Å². The molecule has 1 saturated heterocycles. The molecule has 2 aliphatic heterocycles. The van der Waals surface area contributed by atoms with Gasteiger partial charge in [0.25, 0.3) is 17.7 Å². The van der Waals surface area contributed by atoms with E-state index in [9.17, 15) is 19.2 Å². The summed E-state index contributed by atoms with van der Waals surface area (Å²) in [6.45, 7) is 0.813. The smallest absolute Gasteiger partial charge is 0.269 e. The van der Waals surface area contributed by atoms with Gasteiger partial charge in [-0.3, -0.25) is 29.2 Å². The van der Waals surface area contributed by atoms with Crippen LogP contribution in [0.15, 0.2) is 30.3 Å². The van der Waals surface area contributed by atoms with Crippen LogP contribution in [0.5, 0.6) is 0 Å². The summed E-state index contributed by atoms with van der Waals surface area (Å²) >= 11 is 0. The largest absolute Gasteiger partial charge is 0.364 e. The van der Waals surface area contributed by atoms with Crippen LogP contribution < -0.4 is 5.73 Å². The summed E-state index contributed by atoms with van der Waals surface area (Å²) in [7, 11) is 0. The first-order valence-electron chi connectivity index (χ1n) is 10.1. The number of nitrogens with two attached hydrogens (primary N) is 1. The van der Waals surface area contributed by atoms with Gasteiger partial charge in [0.2, 0.25) is 5.91 Å². The van der Waals surface area contributed by atoms with Crippen molar-refractivity contribution in [2.45, 2.75) is 38.1 Å². The average molecular weight is 409 g/mol. The molecule has 0 bridgehead atoms. The summed E-state index contributed by atoms with van der Waals surface area (Å²) in [6, 6.07) is 8.15. The first-order chi connectivity index (χ1) is 14.5. The normalized spacial score (nSPS) is 18.6. The van der Waals surface area contributed by atoms with E-state index in [1.54, 1.807) is 35.2 Å². The first kappa shape index (κ1) is 19.8. The van der Waals surface area contributed by atoms with Crippen molar-refractivity contribution >= 4 is 23.6 Å². The number of nitrogens with one attached hydrogen (secondary N) is 1. The quantitative estimate of drug-likeness (QED) is 0.701. The topological polar surface area (TPSA) is 129 Å². The van der Waals surface area contributed by atoms with Crippen LogP contribution in [-0.2, 0) is 4.79 Å². The van der Waals surface area contributed by atoms with Crippen molar-refractivity contribution in [1.29, 1.82) is 0 Å². The van der Waals surface area contributed by atoms with Gasteiger partial charge in [-0.1, -0.05) is 12.1 Å². The fourth-order valence-corrected chi connectivity index (χ4v) is 4.16. The van der Waals surface area contributed by atoms with Gasteiger partial charge < -0.3 is 10.6 Å². The van der Waals surface area contributed by atoms with Crippen molar-refractivity contribution in [3.05, 3.63) is 52.8 Å². The van der Waals surface area contributed by atoms with E-state index in [0.717, 1.165) is 19.3 Å². The predicted molar refractivity (Wildman–Crippen MR) is 106 cm³/mol. The van der Waals surface area contributed by atoms with Gasteiger partial charge in [-0.2, -0.15) is 5.10 Å². The Labute approximate surface area is 173 Å². The lowest BCUT2D eigenvalue weighted by atomic mass is 9.98. The lowest BCUT2D eigenvalue weighted by molar-refractivity contribution is -0.135.